The van der Waals surface area contributed by atoms with Gasteiger partial charge in [-0.1, -0.05) is 0 Å². The van der Waals surface area contributed by atoms with Crippen LogP contribution >= 0.6 is 0 Å². The first-order valence-corrected chi connectivity index (χ1v) is 6.04. The number of rotatable bonds is 7. The van der Waals surface area contributed by atoms with Crippen LogP contribution in [0.5, 0.6) is 0 Å². The number of ether oxygens (including phenoxy) is 2. The summed E-state index contributed by atoms with van der Waals surface area (Å²) in [4.78, 5) is 13.8. The second kappa shape index (κ2) is 8.41. The molecule has 1 aliphatic heterocycles. The van der Waals surface area contributed by atoms with Crippen molar-refractivity contribution < 1.29 is 19.4 Å². The van der Waals surface area contributed by atoms with E-state index in [1.807, 2.05) is 11.8 Å². The first-order chi connectivity index (χ1) is 8.25. The van der Waals surface area contributed by atoms with Gasteiger partial charge in [-0.3, -0.25) is 4.79 Å². The van der Waals surface area contributed by atoms with Crippen LogP contribution in [-0.4, -0.2) is 74.6 Å². The first kappa shape index (κ1) is 14.4. The minimum Gasteiger partial charge on any atom is -0.394 e. The molecule has 1 amide bonds. The molecule has 0 bridgehead atoms. The van der Waals surface area contributed by atoms with Gasteiger partial charge in [0, 0.05) is 19.6 Å². The van der Waals surface area contributed by atoms with E-state index >= 15 is 0 Å². The maximum absolute atomic E-state index is 11.9. The standard InChI is InChI=1S/C11H22N2O4/c1-10(12-2-6-16-9-5-14)11(15)13-3-7-17-8-4-13/h10,12,14H,2-9H2,1H3/t10-/m0/s1. The highest BCUT2D eigenvalue weighted by Gasteiger charge is 2.21. The second-order valence-corrected chi connectivity index (χ2v) is 3.95. The van der Waals surface area contributed by atoms with E-state index in [2.05, 4.69) is 5.32 Å². The van der Waals surface area contributed by atoms with Crippen molar-refractivity contribution >= 4 is 5.91 Å². The van der Waals surface area contributed by atoms with Gasteiger partial charge >= 0.3 is 0 Å². The highest BCUT2D eigenvalue weighted by atomic mass is 16.5. The van der Waals surface area contributed by atoms with Crippen LogP contribution in [0, 0.1) is 0 Å². The molecular weight excluding hydrogens is 224 g/mol. The fraction of sp³-hybridized carbons (Fsp3) is 0.909. The summed E-state index contributed by atoms with van der Waals surface area (Å²) in [6.07, 6.45) is 0. The molecule has 0 unspecified atom stereocenters. The summed E-state index contributed by atoms with van der Waals surface area (Å²) in [5, 5.41) is 11.6. The summed E-state index contributed by atoms with van der Waals surface area (Å²) >= 11 is 0. The monoisotopic (exact) mass is 246 g/mol. The predicted molar refractivity (Wildman–Crippen MR) is 62.8 cm³/mol. The van der Waals surface area contributed by atoms with Gasteiger partial charge < -0.3 is 24.8 Å². The maximum atomic E-state index is 11.9. The van der Waals surface area contributed by atoms with Crippen LogP contribution in [0.2, 0.25) is 0 Å². The van der Waals surface area contributed by atoms with E-state index in [-0.39, 0.29) is 18.6 Å². The van der Waals surface area contributed by atoms with E-state index < -0.39 is 0 Å². The molecule has 2 N–H and O–H groups in total. The van der Waals surface area contributed by atoms with Crippen molar-refractivity contribution in [1.29, 1.82) is 0 Å². The van der Waals surface area contributed by atoms with Crippen LogP contribution in [0.1, 0.15) is 6.92 Å². The van der Waals surface area contributed by atoms with Gasteiger partial charge in [-0.25, -0.2) is 0 Å². The highest BCUT2D eigenvalue weighted by Crippen LogP contribution is 2.00. The molecule has 0 spiro atoms. The number of carbonyl (C=O) groups is 1. The molecule has 1 aliphatic rings. The Morgan fingerprint density at radius 2 is 2.18 bits per heavy atom. The average molecular weight is 246 g/mol. The normalized spacial score (nSPS) is 18.1. The largest absolute Gasteiger partial charge is 0.394 e. The Balaban J connectivity index is 2.12. The summed E-state index contributed by atoms with van der Waals surface area (Å²) in [6.45, 7) is 5.92. The number of nitrogens with one attached hydrogen (secondary N) is 1. The Morgan fingerprint density at radius 3 is 2.82 bits per heavy atom. The van der Waals surface area contributed by atoms with Gasteiger partial charge in [0.1, 0.15) is 0 Å². The molecule has 0 aromatic heterocycles. The average Bonchev–Trinajstić information content (AvgIpc) is 2.38. The molecule has 6 nitrogen and oxygen atoms in total. The molecular formula is C11H22N2O4. The molecule has 1 heterocycles. The van der Waals surface area contributed by atoms with Crippen molar-refractivity contribution in [3.05, 3.63) is 0 Å². The van der Waals surface area contributed by atoms with Crippen molar-refractivity contribution in [1.82, 2.24) is 10.2 Å². The lowest BCUT2D eigenvalue weighted by Gasteiger charge is -2.29. The van der Waals surface area contributed by atoms with E-state index in [0.717, 1.165) is 0 Å². The number of aliphatic hydroxyl groups is 1. The predicted octanol–water partition coefficient (Wildman–Crippen LogP) is -1.17. The van der Waals surface area contributed by atoms with Crippen molar-refractivity contribution in [2.75, 3.05) is 52.7 Å². The Hall–Kier alpha value is -0.690. The number of carbonyl (C=O) groups excluding carboxylic acids is 1. The fourth-order valence-corrected chi connectivity index (χ4v) is 1.66. The van der Waals surface area contributed by atoms with Gasteiger partial charge in [-0.05, 0) is 6.92 Å². The third-order valence-corrected chi connectivity index (χ3v) is 2.63. The lowest BCUT2D eigenvalue weighted by molar-refractivity contribution is -0.137. The van der Waals surface area contributed by atoms with Gasteiger partial charge in [0.25, 0.3) is 0 Å². The van der Waals surface area contributed by atoms with E-state index in [9.17, 15) is 4.79 Å². The Morgan fingerprint density at radius 1 is 1.47 bits per heavy atom. The van der Waals surface area contributed by atoms with Gasteiger partial charge in [0.05, 0.1) is 39.1 Å². The molecule has 0 radical (unpaired) electrons. The molecule has 0 aliphatic carbocycles. The molecule has 17 heavy (non-hydrogen) atoms. The van der Waals surface area contributed by atoms with Crippen molar-refractivity contribution in [2.45, 2.75) is 13.0 Å². The minimum absolute atomic E-state index is 0.0300. The van der Waals surface area contributed by atoms with Crippen LogP contribution in [0.4, 0.5) is 0 Å². The van der Waals surface area contributed by atoms with Crippen molar-refractivity contribution in [3.63, 3.8) is 0 Å². The molecule has 0 aromatic rings. The molecule has 1 fully saturated rings. The summed E-state index contributed by atoms with van der Waals surface area (Å²) < 4.78 is 10.3. The Labute approximate surface area is 102 Å². The molecule has 1 rings (SSSR count). The first-order valence-electron chi connectivity index (χ1n) is 6.04. The Bertz CT molecular complexity index is 220. The van der Waals surface area contributed by atoms with Crippen LogP contribution in [0.3, 0.4) is 0 Å². The lowest BCUT2D eigenvalue weighted by Crippen LogP contribution is -2.49. The Kier molecular flexibility index (Phi) is 7.11. The third kappa shape index (κ3) is 5.45. The van der Waals surface area contributed by atoms with Gasteiger partial charge in [-0.2, -0.15) is 0 Å². The van der Waals surface area contributed by atoms with Crippen molar-refractivity contribution in [2.24, 2.45) is 0 Å². The molecule has 1 saturated heterocycles. The van der Waals surface area contributed by atoms with E-state index in [4.69, 9.17) is 14.6 Å². The van der Waals surface area contributed by atoms with Gasteiger partial charge in [-0.15, -0.1) is 0 Å². The quantitative estimate of drug-likeness (QED) is 0.554. The summed E-state index contributed by atoms with van der Waals surface area (Å²) in [6, 6.07) is -0.203. The van der Waals surface area contributed by atoms with E-state index in [1.54, 1.807) is 0 Å². The molecule has 100 valence electrons. The molecule has 0 aromatic carbocycles. The maximum Gasteiger partial charge on any atom is 0.239 e. The number of hydrogen-bond donors (Lipinski definition) is 2. The van der Waals surface area contributed by atoms with Crippen LogP contribution < -0.4 is 5.32 Å². The zero-order valence-corrected chi connectivity index (χ0v) is 10.4. The van der Waals surface area contributed by atoms with Crippen LogP contribution in [0.25, 0.3) is 0 Å². The number of hydrogen-bond acceptors (Lipinski definition) is 5. The topological polar surface area (TPSA) is 71.0 Å². The molecule has 0 saturated carbocycles. The SMILES string of the molecule is C[C@H](NCCOCCO)C(=O)N1CCOCC1. The number of aliphatic hydroxyl groups excluding tert-OH is 1. The smallest absolute Gasteiger partial charge is 0.239 e. The zero-order chi connectivity index (χ0) is 12.5. The van der Waals surface area contributed by atoms with Crippen molar-refractivity contribution in [3.8, 4) is 0 Å². The van der Waals surface area contributed by atoms with Crippen LogP contribution in [-0.2, 0) is 14.3 Å². The van der Waals surface area contributed by atoms with E-state index in [1.165, 1.54) is 0 Å². The van der Waals surface area contributed by atoms with E-state index in [0.29, 0.717) is 46.1 Å². The molecule has 1 atom stereocenters. The number of amides is 1. The number of morpholine rings is 1. The summed E-state index contributed by atoms with van der Waals surface area (Å²) in [5.41, 5.74) is 0. The lowest BCUT2D eigenvalue weighted by atomic mass is 10.2. The molecule has 6 heteroatoms. The summed E-state index contributed by atoms with van der Waals surface area (Å²) in [7, 11) is 0. The third-order valence-electron chi connectivity index (χ3n) is 2.63. The zero-order valence-electron chi connectivity index (χ0n) is 10.4. The van der Waals surface area contributed by atoms with Gasteiger partial charge in [0.2, 0.25) is 5.91 Å². The van der Waals surface area contributed by atoms with Crippen LogP contribution in [0.15, 0.2) is 0 Å². The minimum atomic E-state index is -0.203. The highest BCUT2D eigenvalue weighted by molar-refractivity contribution is 5.81. The summed E-state index contributed by atoms with van der Waals surface area (Å²) in [5.74, 6) is 0.107. The fourth-order valence-electron chi connectivity index (χ4n) is 1.66. The second-order valence-electron chi connectivity index (χ2n) is 3.95. The van der Waals surface area contributed by atoms with Gasteiger partial charge in [0.15, 0.2) is 0 Å². The number of nitrogens with zero attached hydrogens (tertiary/aromatic N) is 1.